The third kappa shape index (κ3) is 3.69. The lowest BCUT2D eigenvalue weighted by Gasteiger charge is -2.31. The summed E-state index contributed by atoms with van der Waals surface area (Å²) in [6, 6.07) is 11.7. The molecular formula is C19H20N10O. The molecule has 3 aromatic heterocycles. The predicted octanol–water partition coefficient (Wildman–Crippen LogP) is 0.633. The fraction of sp³-hybridized carbons (Fsp3) is 0.316. The minimum Gasteiger partial charge on any atom is -0.355 e. The number of tetrazole rings is 1. The first-order chi connectivity index (χ1) is 14.8. The van der Waals surface area contributed by atoms with Crippen molar-refractivity contribution in [1.82, 2.24) is 45.3 Å². The summed E-state index contributed by atoms with van der Waals surface area (Å²) in [6.45, 7) is 2.05. The van der Waals surface area contributed by atoms with Gasteiger partial charge in [-0.1, -0.05) is 12.1 Å². The van der Waals surface area contributed by atoms with Crippen LogP contribution in [0.5, 0.6) is 0 Å². The quantitative estimate of drug-likeness (QED) is 0.514. The van der Waals surface area contributed by atoms with E-state index in [9.17, 15) is 4.79 Å². The van der Waals surface area contributed by atoms with Gasteiger partial charge in [0.15, 0.2) is 11.5 Å². The number of nitrogens with zero attached hydrogens (tertiary/aromatic N) is 9. The Labute approximate surface area is 171 Å². The molecule has 5 rings (SSSR count). The smallest absolute Gasteiger partial charge is 0.223 e. The van der Waals surface area contributed by atoms with Crippen LogP contribution in [0, 0.1) is 5.92 Å². The summed E-state index contributed by atoms with van der Waals surface area (Å²) in [5, 5.41) is 22.9. The molecule has 0 bridgehead atoms. The molecule has 1 fully saturated rings. The van der Waals surface area contributed by atoms with Crippen LogP contribution < -0.4 is 10.2 Å². The second-order valence-corrected chi connectivity index (χ2v) is 7.20. The molecule has 1 aromatic carbocycles. The van der Waals surface area contributed by atoms with Crippen molar-refractivity contribution in [3.05, 3.63) is 54.6 Å². The van der Waals surface area contributed by atoms with Gasteiger partial charge in [0.25, 0.3) is 0 Å². The van der Waals surface area contributed by atoms with Gasteiger partial charge in [-0.25, -0.2) is 9.67 Å². The number of carbonyl (C=O) groups excluding carboxylic acids is 1. The number of benzene rings is 1. The molecule has 1 aliphatic heterocycles. The maximum atomic E-state index is 12.6. The van der Waals surface area contributed by atoms with Crippen LogP contribution in [0.3, 0.4) is 0 Å². The van der Waals surface area contributed by atoms with Gasteiger partial charge in [-0.2, -0.15) is 5.10 Å². The van der Waals surface area contributed by atoms with Crippen molar-refractivity contribution < 1.29 is 4.79 Å². The van der Waals surface area contributed by atoms with E-state index in [0.29, 0.717) is 12.2 Å². The first-order valence-electron chi connectivity index (χ1n) is 9.78. The molecule has 0 saturated carbocycles. The molecule has 0 radical (unpaired) electrons. The molecular weight excluding hydrogens is 384 g/mol. The molecule has 11 heteroatoms. The van der Waals surface area contributed by atoms with Crippen LogP contribution in [0.15, 0.2) is 49.1 Å². The number of hydrogen-bond donors (Lipinski definition) is 1. The second kappa shape index (κ2) is 7.85. The van der Waals surface area contributed by atoms with Crippen LogP contribution in [0.1, 0.15) is 18.4 Å². The van der Waals surface area contributed by atoms with Gasteiger partial charge in [0, 0.05) is 25.6 Å². The highest BCUT2D eigenvalue weighted by molar-refractivity contribution is 5.79. The number of piperidine rings is 1. The Morgan fingerprint density at radius 3 is 2.70 bits per heavy atom. The summed E-state index contributed by atoms with van der Waals surface area (Å²) in [5.74, 6) is 0.924. The average Bonchev–Trinajstić information content (AvgIpc) is 3.49. The average molecular weight is 404 g/mol. The van der Waals surface area contributed by atoms with E-state index in [1.807, 2.05) is 36.4 Å². The normalized spacial score (nSPS) is 14.9. The Morgan fingerprint density at radius 1 is 1.10 bits per heavy atom. The SMILES string of the molecule is O=C(NCc1ccc(-n2cncn2)cc1)C1CCN(c2ccc3nnnn3n2)CC1. The van der Waals surface area contributed by atoms with Gasteiger partial charge in [-0.05, 0) is 53.1 Å². The first kappa shape index (κ1) is 18.2. The Kier molecular flexibility index (Phi) is 4.75. The monoisotopic (exact) mass is 404 g/mol. The number of aromatic nitrogens is 8. The third-order valence-electron chi connectivity index (χ3n) is 5.33. The molecule has 1 saturated heterocycles. The van der Waals surface area contributed by atoms with Crippen LogP contribution in [-0.2, 0) is 11.3 Å². The fourth-order valence-electron chi connectivity index (χ4n) is 3.62. The molecule has 1 amide bonds. The first-order valence-corrected chi connectivity index (χ1v) is 9.78. The summed E-state index contributed by atoms with van der Waals surface area (Å²) in [6.07, 6.45) is 4.72. The van der Waals surface area contributed by atoms with E-state index in [0.717, 1.165) is 43.0 Å². The summed E-state index contributed by atoms with van der Waals surface area (Å²) in [5.41, 5.74) is 2.59. The summed E-state index contributed by atoms with van der Waals surface area (Å²) in [7, 11) is 0. The van der Waals surface area contributed by atoms with Crippen LogP contribution in [-0.4, -0.2) is 59.0 Å². The lowest BCUT2D eigenvalue weighted by Crippen LogP contribution is -2.40. The standard InChI is InChI=1S/C19H20N10O/c30-19(21-11-14-1-3-16(4-2-14)28-13-20-12-22-28)15-7-9-27(10-8-15)18-6-5-17-23-25-26-29(17)24-18/h1-6,12-13,15H,7-11H2,(H,21,30). The van der Waals surface area contributed by atoms with Gasteiger partial charge in [0.1, 0.15) is 12.7 Å². The second-order valence-electron chi connectivity index (χ2n) is 7.20. The van der Waals surface area contributed by atoms with E-state index in [4.69, 9.17) is 0 Å². The largest absolute Gasteiger partial charge is 0.355 e. The Morgan fingerprint density at radius 2 is 1.93 bits per heavy atom. The maximum Gasteiger partial charge on any atom is 0.223 e. The molecule has 0 unspecified atom stereocenters. The minimum absolute atomic E-state index is 0.00689. The van der Waals surface area contributed by atoms with Crippen LogP contribution in [0.2, 0.25) is 0 Å². The van der Waals surface area contributed by atoms with Gasteiger partial charge < -0.3 is 10.2 Å². The Hall–Kier alpha value is -3.89. The van der Waals surface area contributed by atoms with Gasteiger partial charge in [0.05, 0.1) is 5.69 Å². The lowest BCUT2D eigenvalue weighted by atomic mass is 9.96. The number of fused-ring (bicyclic) bond motifs is 1. The zero-order valence-corrected chi connectivity index (χ0v) is 16.2. The number of amides is 1. The topological polar surface area (TPSA) is 119 Å². The highest BCUT2D eigenvalue weighted by atomic mass is 16.1. The molecule has 11 nitrogen and oxygen atoms in total. The van der Waals surface area contributed by atoms with Gasteiger partial charge in [0.2, 0.25) is 5.91 Å². The molecule has 1 N–H and O–H groups in total. The van der Waals surface area contributed by atoms with Crippen molar-refractivity contribution in [2.75, 3.05) is 18.0 Å². The zero-order valence-electron chi connectivity index (χ0n) is 16.2. The fourth-order valence-corrected chi connectivity index (χ4v) is 3.62. The molecule has 0 spiro atoms. The number of anilines is 1. The van der Waals surface area contributed by atoms with Crippen molar-refractivity contribution in [1.29, 1.82) is 0 Å². The van der Waals surface area contributed by atoms with Crippen molar-refractivity contribution in [2.45, 2.75) is 19.4 Å². The van der Waals surface area contributed by atoms with E-state index in [1.165, 1.54) is 11.0 Å². The van der Waals surface area contributed by atoms with Crippen molar-refractivity contribution >= 4 is 17.4 Å². The predicted molar refractivity (Wildman–Crippen MR) is 107 cm³/mol. The summed E-state index contributed by atoms with van der Waals surface area (Å²) in [4.78, 5) is 18.7. The van der Waals surface area contributed by atoms with E-state index in [2.05, 4.69) is 40.9 Å². The number of nitrogens with one attached hydrogen (secondary N) is 1. The van der Waals surface area contributed by atoms with Crippen LogP contribution in [0.25, 0.3) is 11.3 Å². The van der Waals surface area contributed by atoms with Gasteiger partial charge in [-0.3, -0.25) is 4.79 Å². The number of hydrogen-bond acceptors (Lipinski definition) is 8. The van der Waals surface area contributed by atoms with Crippen LogP contribution in [0.4, 0.5) is 5.82 Å². The molecule has 1 aliphatic rings. The molecule has 0 aliphatic carbocycles. The van der Waals surface area contributed by atoms with E-state index in [-0.39, 0.29) is 11.8 Å². The highest BCUT2D eigenvalue weighted by Gasteiger charge is 2.25. The van der Waals surface area contributed by atoms with Crippen molar-refractivity contribution in [2.24, 2.45) is 5.92 Å². The zero-order chi connectivity index (χ0) is 20.3. The molecule has 30 heavy (non-hydrogen) atoms. The number of rotatable bonds is 5. The van der Waals surface area contributed by atoms with Gasteiger partial charge >= 0.3 is 0 Å². The Balaban J connectivity index is 1.13. The molecule has 4 aromatic rings. The van der Waals surface area contributed by atoms with E-state index in [1.54, 1.807) is 11.0 Å². The Bertz CT molecular complexity index is 1130. The maximum absolute atomic E-state index is 12.6. The van der Waals surface area contributed by atoms with Crippen molar-refractivity contribution in [3.8, 4) is 5.69 Å². The minimum atomic E-state index is 0.00689. The molecule has 4 heterocycles. The lowest BCUT2D eigenvalue weighted by molar-refractivity contribution is -0.125. The van der Waals surface area contributed by atoms with E-state index >= 15 is 0 Å². The van der Waals surface area contributed by atoms with E-state index < -0.39 is 0 Å². The van der Waals surface area contributed by atoms with Crippen LogP contribution >= 0.6 is 0 Å². The molecule has 0 atom stereocenters. The summed E-state index contributed by atoms with van der Waals surface area (Å²) < 4.78 is 3.12. The summed E-state index contributed by atoms with van der Waals surface area (Å²) >= 11 is 0. The third-order valence-corrected chi connectivity index (χ3v) is 5.33. The molecule has 152 valence electrons. The highest BCUT2D eigenvalue weighted by Crippen LogP contribution is 2.22. The van der Waals surface area contributed by atoms with Gasteiger partial charge in [-0.15, -0.1) is 14.8 Å². The number of carbonyl (C=O) groups is 1. The van der Waals surface area contributed by atoms with Crippen molar-refractivity contribution in [3.63, 3.8) is 0 Å².